The zero-order chi connectivity index (χ0) is 17.5. The van der Waals surface area contributed by atoms with Gasteiger partial charge in [-0.25, -0.2) is 10.3 Å². The summed E-state index contributed by atoms with van der Waals surface area (Å²) in [6.45, 7) is 0.898. The minimum Gasteiger partial charge on any atom is -0.352 e. The Morgan fingerprint density at radius 3 is 2.76 bits per heavy atom. The molecule has 2 amide bonds. The van der Waals surface area contributed by atoms with Crippen LogP contribution in [0.15, 0.2) is 42.5 Å². The molecule has 2 aromatic carbocycles. The van der Waals surface area contributed by atoms with E-state index in [1.54, 1.807) is 6.07 Å². The lowest BCUT2D eigenvalue weighted by Gasteiger charge is -2.22. The molecule has 0 bridgehead atoms. The molecule has 1 unspecified atom stereocenters. The molecule has 6 heteroatoms. The van der Waals surface area contributed by atoms with Crippen LogP contribution in [0.4, 0.5) is 0 Å². The molecule has 3 rings (SSSR count). The summed E-state index contributed by atoms with van der Waals surface area (Å²) in [5, 5.41) is 4.84. The average molecular weight is 342 g/mol. The van der Waals surface area contributed by atoms with Crippen LogP contribution < -0.4 is 10.8 Å². The number of nitrogens with one attached hydrogen (secondary N) is 2. The van der Waals surface area contributed by atoms with Crippen molar-refractivity contribution >= 4 is 22.6 Å². The lowest BCUT2D eigenvalue weighted by molar-refractivity contribution is -0.200. The molecule has 2 N–H and O–H groups in total. The molecule has 1 aliphatic rings. The number of benzene rings is 2. The standard InChI is InChI=1S/C19H22N2O4/c22-17(21-25-18-7-3-4-12-24-18)10-11-20-19(23)16-9-8-14-5-1-2-6-15(14)13-16/h1-2,5-6,8-9,13,18H,3-4,7,10-12H2,(H,20,23)(H,21,22). The van der Waals surface area contributed by atoms with E-state index in [-0.39, 0.29) is 31.1 Å². The number of hydrogen-bond acceptors (Lipinski definition) is 4. The van der Waals surface area contributed by atoms with Crippen molar-refractivity contribution in [1.82, 2.24) is 10.8 Å². The first-order valence-corrected chi connectivity index (χ1v) is 8.55. The van der Waals surface area contributed by atoms with Crippen LogP contribution in [0, 0.1) is 0 Å². The van der Waals surface area contributed by atoms with E-state index in [1.165, 1.54) is 0 Å². The number of hydrogen-bond donors (Lipinski definition) is 2. The molecular formula is C19H22N2O4. The predicted octanol–water partition coefficient (Wildman–Crippen LogP) is 2.53. The third-order valence-electron chi connectivity index (χ3n) is 4.09. The monoisotopic (exact) mass is 342 g/mol. The van der Waals surface area contributed by atoms with Crippen LogP contribution in [0.25, 0.3) is 10.8 Å². The van der Waals surface area contributed by atoms with E-state index >= 15 is 0 Å². The first kappa shape index (κ1) is 17.4. The fraction of sp³-hybridized carbons (Fsp3) is 0.368. The van der Waals surface area contributed by atoms with Crippen molar-refractivity contribution in [2.75, 3.05) is 13.2 Å². The molecule has 1 saturated heterocycles. The number of amides is 2. The van der Waals surface area contributed by atoms with E-state index in [2.05, 4.69) is 10.8 Å². The summed E-state index contributed by atoms with van der Waals surface area (Å²) < 4.78 is 5.36. The molecule has 6 nitrogen and oxygen atoms in total. The fourth-order valence-corrected chi connectivity index (χ4v) is 2.71. The lowest BCUT2D eigenvalue weighted by atomic mass is 10.1. The van der Waals surface area contributed by atoms with Crippen molar-refractivity contribution in [2.24, 2.45) is 0 Å². The second-order valence-corrected chi connectivity index (χ2v) is 6.01. The summed E-state index contributed by atoms with van der Waals surface area (Å²) >= 11 is 0. The molecule has 25 heavy (non-hydrogen) atoms. The third-order valence-corrected chi connectivity index (χ3v) is 4.09. The number of fused-ring (bicyclic) bond motifs is 1. The van der Waals surface area contributed by atoms with Crippen LogP contribution in [-0.4, -0.2) is 31.3 Å². The Hall–Kier alpha value is -2.44. The van der Waals surface area contributed by atoms with Gasteiger partial charge in [0.15, 0.2) is 6.29 Å². The van der Waals surface area contributed by atoms with E-state index < -0.39 is 0 Å². The van der Waals surface area contributed by atoms with Crippen molar-refractivity contribution in [2.45, 2.75) is 32.0 Å². The molecule has 0 saturated carbocycles. The molecule has 132 valence electrons. The maximum absolute atomic E-state index is 12.2. The summed E-state index contributed by atoms with van der Waals surface area (Å²) in [6, 6.07) is 13.4. The highest BCUT2D eigenvalue weighted by Crippen LogP contribution is 2.15. The highest BCUT2D eigenvalue weighted by molar-refractivity contribution is 5.98. The van der Waals surface area contributed by atoms with Gasteiger partial charge in [-0.05, 0) is 35.7 Å². The van der Waals surface area contributed by atoms with Crippen molar-refractivity contribution < 1.29 is 19.2 Å². The number of carbonyl (C=O) groups excluding carboxylic acids is 2. The first-order valence-electron chi connectivity index (χ1n) is 8.55. The number of carbonyl (C=O) groups is 2. The van der Waals surface area contributed by atoms with E-state index in [4.69, 9.17) is 9.57 Å². The summed E-state index contributed by atoms with van der Waals surface area (Å²) in [6.07, 6.45) is 2.60. The Morgan fingerprint density at radius 2 is 1.96 bits per heavy atom. The van der Waals surface area contributed by atoms with Gasteiger partial charge in [-0.3, -0.25) is 9.59 Å². The van der Waals surface area contributed by atoms with Crippen LogP contribution in [0.1, 0.15) is 36.0 Å². The van der Waals surface area contributed by atoms with Gasteiger partial charge in [0.2, 0.25) is 5.91 Å². The van der Waals surface area contributed by atoms with Crippen LogP contribution >= 0.6 is 0 Å². The number of rotatable bonds is 6. The first-order chi connectivity index (χ1) is 12.2. The van der Waals surface area contributed by atoms with Crippen LogP contribution in [0.5, 0.6) is 0 Å². The zero-order valence-corrected chi connectivity index (χ0v) is 14.0. The summed E-state index contributed by atoms with van der Waals surface area (Å²) in [5.41, 5.74) is 2.95. The lowest BCUT2D eigenvalue weighted by Crippen LogP contribution is -2.35. The van der Waals surface area contributed by atoms with E-state index in [0.29, 0.717) is 12.2 Å². The van der Waals surface area contributed by atoms with Gasteiger partial charge in [0, 0.05) is 31.6 Å². The van der Waals surface area contributed by atoms with Crippen molar-refractivity contribution in [1.29, 1.82) is 0 Å². The second-order valence-electron chi connectivity index (χ2n) is 6.01. The Kier molecular flexibility index (Phi) is 5.98. The minimum atomic E-state index is -0.370. The molecule has 0 radical (unpaired) electrons. The van der Waals surface area contributed by atoms with Crippen molar-refractivity contribution in [3.8, 4) is 0 Å². The maximum Gasteiger partial charge on any atom is 0.251 e. The van der Waals surface area contributed by atoms with Gasteiger partial charge >= 0.3 is 0 Å². The summed E-state index contributed by atoms with van der Waals surface area (Å²) in [7, 11) is 0. The smallest absolute Gasteiger partial charge is 0.251 e. The molecule has 1 aliphatic heterocycles. The molecule has 1 heterocycles. The molecular weight excluding hydrogens is 320 g/mol. The third kappa shape index (κ3) is 5.01. The van der Waals surface area contributed by atoms with Crippen LogP contribution in [0.3, 0.4) is 0 Å². The minimum absolute atomic E-state index is 0.145. The topological polar surface area (TPSA) is 76.7 Å². The van der Waals surface area contributed by atoms with Gasteiger partial charge in [0.1, 0.15) is 0 Å². The highest BCUT2D eigenvalue weighted by atomic mass is 16.8. The molecule has 1 fully saturated rings. The van der Waals surface area contributed by atoms with Crippen LogP contribution in [-0.2, 0) is 14.4 Å². The van der Waals surface area contributed by atoms with Crippen molar-refractivity contribution in [3.63, 3.8) is 0 Å². The fourth-order valence-electron chi connectivity index (χ4n) is 2.71. The van der Waals surface area contributed by atoms with E-state index in [1.807, 2.05) is 36.4 Å². The van der Waals surface area contributed by atoms with Gasteiger partial charge in [0.05, 0.1) is 0 Å². The van der Waals surface area contributed by atoms with E-state index in [9.17, 15) is 9.59 Å². The molecule has 0 spiro atoms. The van der Waals surface area contributed by atoms with Crippen LogP contribution in [0.2, 0.25) is 0 Å². The molecule has 0 aliphatic carbocycles. The summed E-state index contributed by atoms with van der Waals surface area (Å²) in [4.78, 5) is 29.1. The highest BCUT2D eigenvalue weighted by Gasteiger charge is 2.15. The molecule has 1 atom stereocenters. The van der Waals surface area contributed by atoms with Gasteiger partial charge in [-0.1, -0.05) is 30.3 Å². The molecule has 2 aromatic rings. The Labute approximate surface area is 146 Å². The molecule has 0 aromatic heterocycles. The van der Waals surface area contributed by atoms with Crippen molar-refractivity contribution in [3.05, 3.63) is 48.0 Å². The zero-order valence-electron chi connectivity index (χ0n) is 14.0. The second kappa shape index (κ2) is 8.60. The number of hydroxylamine groups is 1. The predicted molar refractivity (Wildman–Crippen MR) is 93.7 cm³/mol. The quantitative estimate of drug-likeness (QED) is 0.791. The van der Waals surface area contributed by atoms with Gasteiger partial charge in [0.25, 0.3) is 5.91 Å². The Morgan fingerprint density at radius 1 is 1.12 bits per heavy atom. The SMILES string of the molecule is O=C(CCNC(=O)c1ccc2ccccc2c1)NOC1CCCCO1. The Balaban J connectivity index is 1.41. The van der Waals surface area contributed by atoms with E-state index in [0.717, 1.165) is 30.0 Å². The normalized spacial score (nSPS) is 17.2. The Bertz CT molecular complexity index is 741. The summed E-state index contributed by atoms with van der Waals surface area (Å²) in [5.74, 6) is -0.483. The van der Waals surface area contributed by atoms with Gasteiger partial charge in [-0.2, -0.15) is 0 Å². The maximum atomic E-state index is 12.2. The average Bonchev–Trinajstić information content (AvgIpc) is 2.66. The van der Waals surface area contributed by atoms with Gasteiger partial charge < -0.3 is 10.1 Å². The number of ether oxygens (including phenoxy) is 1. The largest absolute Gasteiger partial charge is 0.352 e. The van der Waals surface area contributed by atoms with Gasteiger partial charge in [-0.15, -0.1) is 0 Å².